The fourth-order valence-corrected chi connectivity index (χ4v) is 5.97. The number of nitrogens with one attached hydrogen (secondary N) is 2. The molecule has 0 radical (unpaired) electrons. The van der Waals surface area contributed by atoms with E-state index >= 15 is 0 Å². The van der Waals surface area contributed by atoms with Crippen LogP contribution in [0.2, 0.25) is 5.02 Å². The van der Waals surface area contributed by atoms with Gasteiger partial charge < -0.3 is 20.3 Å². The Hall–Kier alpha value is -3.95. The van der Waals surface area contributed by atoms with Crippen LogP contribution in [0.5, 0.6) is 5.75 Å². The first-order valence-corrected chi connectivity index (χ1v) is 14.4. The number of rotatable bonds is 7. The maximum atomic E-state index is 12.9. The van der Waals surface area contributed by atoms with E-state index in [1.54, 1.807) is 19.2 Å². The number of fused-ring (bicyclic) bond motifs is 3. The minimum Gasteiger partial charge on any atom is -0.495 e. The minimum absolute atomic E-state index is 0.102. The van der Waals surface area contributed by atoms with Gasteiger partial charge in [-0.1, -0.05) is 29.8 Å². The number of carbonyl (C=O) groups excluding carboxylic acids is 1. The van der Waals surface area contributed by atoms with Crippen molar-refractivity contribution in [3.05, 3.63) is 70.5 Å². The van der Waals surface area contributed by atoms with Gasteiger partial charge in [0.15, 0.2) is 0 Å². The standard InChI is InChI=1S/C31H34ClN7O2/c1-38-14-12-19(13-15-38)17-33-30(40)20-8-10-24(26(16-20)41-3)35-31-34-18-21-9-11-25-27(28(21)36-31)29(39(2)37-25)22-6-4-5-7-23(22)32/h4-8,10,16,18-19H,9,11-15,17H2,1-3H3,(H,33,40)(H,34,35,36). The molecule has 2 N–H and O–H groups in total. The van der Waals surface area contributed by atoms with Crippen molar-refractivity contribution in [3.8, 4) is 28.3 Å². The van der Waals surface area contributed by atoms with E-state index in [1.807, 2.05) is 48.3 Å². The van der Waals surface area contributed by atoms with Crippen molar-refractivity contribution < 1.29 is 9.53 Å². The second-order valence-corrected chi connectivity index (χ2v) is 11.2. The predicted molar refractivity (Wildman–Crippen MR) is 161 cm³/mol. The maximum absolute atomic E-state index is 12.9. The molecule has 0 bridgehead atoms. The molecule has 1 saturated heterocycles. The molecule has 9 nitrogen and oxygen atoms in total. The average Bonchev–Trinajstić information content (AvgIpc) is 3.33. The Kier molecular flexibility index (Phi) is 7.64. The van der Waals surface area contributed by atoms with E-state index in [2.05, 4.69) is 27.6 Å². The molecule has 6 rings (SSSR count). The van der Waals surface area contributed by atoms with Gasteiger partial charge in [0.1, 0.15) is 5.75 Å². The van der Waals surface area contributed by atoms with E-state index in [4.69, 9.17) is 26.4 Å². The molecule has 212 valence electrons. The number of likely N-dealkylation sites (tertiary alicyclic amines) is 1. The van der Waals surface area contributed by atoms with Crippen molar-refractivity contribution in [2.45, 2.75) is 25.7 Å². The highest BCUT2D eigenvalue weighted by molar-refractivity contribution is 6.33. The lowest BCUT2D eigenvalue weighted by molar-refractivity contribution is 0.0938. The highest BCUT2D eigenvalue weighted by Gasteiger charge is 2.28. The van der Waals surface area contributed by atoms with Crippen LogP contribution in [-0.2, 0) is 19.9 Å². The van der Waals surface area contributed by atoms with Crippen LogP contribution in [0.1, 0.15) is 34.5 Å². The topological polar surface area (TPSA) is 97.2 Å². The van der Waals surface area contributed by atoms with Gasteiger partial charge in [0.05, 0.1) is 29.9 Å². The number of carbonyl (C=O) groups is 1. The summed E-state index contributed by atoms with van der Waals surface area (Å²) in [5.74, 6) is 1.38. The summed E-state index contributed by atoms with van der Waals surface area (Å²) in [6, 6.07) is 13.2. The third-order valence-corrected chi connectivity index (χ3v) is 8.41. The minimum atomic E-state index is -0.102. The number of amides is 1. The Morgan fingerprint density at radius 3 is 2.71 bits per heavy atom. The number of piperidine rings is 1. The first-order valence-electron chi connectivity index (χ1n) is 14.0. The molecule has 0 saturated carbocycles. The molecule has 4 aromatic rings. The lowest BCUT2D eigenvalue weighted by Crippen LogP contribution is -2.36. The molecule has 0 spiro atoms. The number of hydrogen-bond acceptors (Lipinski definition) is 7. The SMILES string of the molecule is COc1cc(C(=O)NCC2CCN(C)CC2)ccc1Nc1ncc2c(n1)-c1c(nn(C)c1-c1ccccc1Cl)CC2. The van der Waals surface area contributed by atoms with Crippen molar-refractivity contribution in [1.82, 2.24) is 30.0 Å². The van der Waals surface area contributed by atoms with Crippen LogP contribution in [0, 0.1) is 5.92 Å². The Labute approximate surface area is 244 Å². The monoisotopic (exact) mass is 571 g/mol. The molecule has 0 atom stereocenters. The molecule has 1 fully saturated rings. The van der Waals surface area contributed by atoms with Crippen LogP contribution in [0.3, 0.4) is 0 Å². The number of nitrogens with zero attached hydrogens (tertiary/aromatic N) is 5. The molecular weight excluding hydrogens is 538 g/mol. The van der Waals surface area contributed by atoms with Gasteiger partial charge >= 0.3 is 0 Å². The highest BCUT2D eigenvalue weighted by atomic mass is 35.5. The molecule has 2 aromatic heterocycles. The smallest absolute Gasteiger partial charge is 0.251 e. The van der Waals surface area contributed by atoms with Gasteiger partial charge in [-0.3, -0.25) is 9.48 Å². The summed E-state index contributed by atoms with van der Waals surface area (Å²) in [6.07, 6.45) is 5.70. The van der Waals surface area contributed by atoms with E-state index < -0.39 is 0 Å². The lowest BCUT2D eigenvalue weighted by atomic mass is 9.91. The summed E-state index contributed by atoms with van der Waals surface area (Å²) in [5, 5.41) is 11.9. The van der Waals surface area contributed by atoms with E-state index in [0.717, 1.165) is 72.5 Å². The summed E-state index contributed by atoms with van der Waals surface area (Å²) in [4.78, 5) is 24.8. The highest BCUT2D eigenvalue weighted by Crippen LogP contribution is 2.41. The van der Waals surface area contributed by atoms with Gasteiger partial charge in [0.25, 0.3) is 5.91 Å². The zero-order valence-electron chi connectivity index (χ0n) is 23.6. The number of halogens is 1. The van der Waals surface area contributed by atoms with E-state index in [1.165, 1.54) is 0 Å². The fourth-order valence-electron chi connectivity index (χ4n) is 5.75. The molecule has 1 aliphatic heterocycles. The molecule has 41 heavy (non-hydrogen) atoms. The number of aromatic nitrogens is 4. The van der Waals surface area contributed by atoms with Crippen LogP contribution in [0.25, 0.3) is 22.5 Å². The zero-order chi connectivity index (χ0) is 28.5. The largest absolute Gasteiger partial charge is 0.495 e. The van der Waals surface area contributed by atoms with Gasteiger partial charge in [0.2, 0.25) is 5.95 Å². The molecule has 0 unspecified atom stereocenters. The first kappa shape index (κ1) is 27.2. The second-order valence-electron chi connectivity index (χ2n) is 10.8. The third-order valence-electron chi connectivity index (χ3n) is 8.08. The molecule has 1 amide bonds. The van der Waals surface area contributed by atoms with Crippen LogP contribution in [-0.4, -0.2) is 64.3 Å². The quantitative estimate of drug-likeness (QED) is 0.318. The number of methoxy groups -OCH3 is 1. The molecule has 10 heteroatoms. The number of benzene rings is 2. The Morgan fingerprint density at radius 2 is 1.93 bits per heavy atom. The zero-order valence-corrected chi connectivity index (χ0v) is 24.3. The van der Waals surface area contributed by atoms with Gasteiger partial charge in [-0.15, -0.1) is 0 Å². The number of anilines is 2. The average molecular weight is 572 g/mol. The van der Waals surface area contributed by atoms with Gasteiger partial charge in [-0.25, -0.2) is 9.97 Å². The number of ether oxygens (including phenoxy) is 1. The van der Waals surface area contributed by atoms with E-state index in [-0.39, 0.29) is 5.91 Å². The predicted octanol–water partition coefficient (Wildman–Crippen LogP) is 5.12. The Balaban J connectivity index is 1.24. The molecular formula is C31H34ClN7O2. The summed E-state index contributed by atoms with van der Waals surface area (Å²) in [6.45, 7) is 2.83. The summed E-state index contributed by atoms with van der Waals surface area (Å²) >= 11 is 6.60. The summed E-state index contributed by atoms with van der Waals surface area (Å²) in [5.41, 5.74) is 6.96. The summed E-state index contributed by atoms with van der Waals surface area (Å²) < 4.78 is 7.53. The van der Waals surface area contributed by atoms with Crippen LogP contribution >= 0.6 is 11.6 Å². The number of hydrogen-bond donors (Lipinski definition) is 2. The molecule has 1 aliphatic carbocycles. The van der Waals surface area contributed by atoms with Gasteiger partial charge in [-0.05, 0) is 81.6 Å². The molecule has 2 aliphatic rings. The number of aryl methyl sites for hydroxylation is 3. The third kappa shape index (κ3) is 5.52. The van der Waals surface area contributed by atoms with Crippen molar-refractivity contribution in [3.63, 3.8) is 0 Å². The lowest BCUT2D eigenvalue weighted by Gasteiger charge is -2.28. The van der Waals surface area contributed by atoms with Crippen LogP contribution in [0.15, 0.2) is 48.7 Å². The van der Waals surface area contributed by atoms with Crippen molar-refractivity contribution in [1.29, 1.82) is 0 Å². The van der Waals surface area contributed by atoms with E-state index in [0.29, 0.717) is 40.4 Å². The van der Waals surface area contributed by atoms with Crippen molar-refractivity contribution >= 4 is 29.1 Å². The Bertz CT molecular complexity index is 1590. The maximum Gasteiger partial charge on any atom is 0.251 e. The summed E-state index contributed by atoms with van der Waals surface area (Å²) in [7, 11) is 5.67. The van der Waals surface area contributed by atoms with Crippen LogP contribution < -0.4 is 15.4 Å². The fraction of sp³-hybridized carbons (Fsp3) is 0.355. The first-order chi connectivity index (χ1) is 19.9. The molecule has 2 aromatic carbocycles. The van der Waals surface area contributed by atoms with Crippen molar-refractivity contribution in [2.75, 3.05) is 39.1 Å². The normalized spacial score (nSPS) is 15.2. The van der Waals surface area contributed by atoms with Crippen LogP contribution in [0.4, 0.5) is 11.6 Å². The molecule has 3 heterocycles. The van der Waals surface area contributed by atoms with Gasteiger partial charge in [-0.2, -0.15) is 5.10 Å². The van der Waals surface area contributed by atoms with Crippen molar-refractivity contribution in [2.24, 2.45) is 13.0 Å². The van der Waals surface area contributed by atoms with Gasteiger partial charge in [0, 0.05) is 41.5 Å². The Morgan fingerprint density at radius 1 is 1.12 bits per heavy atom. The van der Waals surface area contributed by atoms with E-state index in [9.17, 15) is 4.79 Å². The second kappa shape index (κ2) is 11.5.